The van der Waals surface area contributed by atoms with Gasteiger partial charge in [0.2, 0.25) is 0 Å². The Kier molecular flexibility index (Phi) is 6.68. The number of unbranched alkanes of at least 4 members (excludes halogenated alkanes) is 2. The lowest BCUT2D eigenvalue weighted by Crippen LogP contribution is -2.18. The van der Waals surface area contributed by atoms with Crippen molar-refractivity contribution in [3.05, 3.63) is 28.2 Å². The van der Waals surface area contributed by atoms with Crippen LogP contribution in [-0.4, -0.2) is 25.3 Å². The van der Waals surface area contributed by atoms with Crippen LogP contribution in [0.3, 0.4) is 0 Å². The lowest BCUT2D eigenvalue weighted by atomic mass is 10.1. The van der Waals surface area contributed by atoms with E-state index in [2.05, 4.69) is 46.1 Å². The van der Waals surface area contributed by atoms with Gasteiger partial charge in [0, 0.05) is 36.4 Å². The van der Waals surface area contributed by atoms with Gasteiger partial charge in [-0.1, -0.05) is 22.0 Å². The number of aliphatic hydroxyl groups is 1. The second-order valence-corrected chi connectivity index (χ2v) is 5.55. The molecule has 0 amide bonds. The van der Waals surface area contributed by atoms with Crippen LogP contribution in [-0.2, 0) is 0 Å². The second kappa shape index (κ2) is 7.77. The van der Waals surface area contributed by atoms with Gasteiger partial charge in [-0.2, -0.15) is 0 Å². The van der Waals surface area contributed by atoms with E-state index < -0.39 is 0 Å². The molecule has 3 N–H and O–H groups in total. The lowest BCUT2D eigenvalue weighted by Gasteiger charge is -2.21. The summed E-state index contributed by atoms with van der Waals surface area (Å²) in [7, 11) is 2.09. The number of halogens is 1. The Morgan fingerprint density at radius 2 is 2.06 bits per heavy atom. The maximum Gasteiger partial charge on any atom is 0.0431 e. The molecule has 0 unspecified atom stereocenters. The summed E-state index contributed by atoms with van der Waals surface area (Å²) >= 11 is 3.57. The largest absolute Gasteiger partial charge is 0.396 e. The first kappa shape index (κ1) is 15.5. The molecule has 102 valence electrons. The molecular weight excluding hydrogens is 292 g/mol. The fourth-order valence-electron chi connectivity index (χ4n) is 1.89. The van der Waals surface area contributed by atoms with Crippen molar-refractivity contribution in [3.8, 4) is 0 Å². The van der Waals surface area contributed by atoms with Crippen LogP contribution in [0.4, 0.5) is 5.69 Å². The Labute approximate surface area is 118 Å². The van der Waals surface area contributed by atoms with E-state index in [0.29, 0.717) is 6.61 Å². The van der Waals surface area contributed by atoms with Crippen molar-refractivity contribution >= 4 is 21.6 Å². The van der Waals surface area contributed by atoms with Crippen LogP contribution in [0.5, 0.6) is 0 Å². The average molecular weight is 315 g/mol. The van der Waals surface area contributed by atoms with Gasteiger partial charge < -0.3 is 15.7 Å². The number of benzene rings is 1. The van der Waals surface area contributed by atoms with Crippen LogP contribution < -0.4 is 10.6 Å². The molecule has 4 heteroatoms. The summed E-state index contributed by atoms with van der Waals surface area (Å²) in [6.07, 6.45) is 3.06. The lowest BCUT2D eigenvalue weighted by molar-refractivity contribution is 0.283. The number of rotatable bonds is 7. The molecule has 1 aromatic carbocycles. The van der Waals surface area contributed by atoms with Crippen LogP contribution >= 0.6 is 15.9 Å². The molecule has 0 saturated carbocycles. The molecule has 1 aromatic rings. The van der Waals surface area contributed by atoms with E-state index in [1.165, 1.54) is 5.69 Å². The van der Waals surface area contributed by atoms with Gasteiger partial charge in [-0.05, 0) is 43.9 Å². The Morgan fingerprint density at radius 3 is 2.61 bits per heavy atom. The van der Waals surface area contributed by atoms with Crippen molar-refractivity contribution < 1.29 is 5.11 Å². The minimum atomic E-state index is 0.0447. The minimum Gasteiger partial charge on any atom is -0.396 e. The van der Waals surface area contributed by atoms with Crippen molar-refractivity contribution in [1.82, 2.24) is 0 Å². The molecular formula is C14H23BrN2O. The second-order valence-electron chi connectivity index (χ2n) is 4.70. The number of hydrogen-bond donors (Lipinski definition) is 2. The van der Waals surface area contributed by atoms with Crippen LogP contribution in [0.1, 0.15) is 37.8 Å². The molecule has 0 saturated heterocycles. The number of nitrogens with two attached hydrogens (primary N) is 1. The Morgan fingerprint density at radius 1 is 1.33 bits per heavy atom. The molecule has 0 aliphatic heterocycles. The molecule has 0 radical (unpaired) electrons. The molecule has 0 aromatic heterocycles. The van der Waals surface area contributed by atoms with E-state index in [1.807, 2.05) is 6.92 Å². The first-order valence-electron chi connectivity index (χ1n) is 6.43. The zero-order valence-electron chi connectivity index (χ0n) is 11.2. The van der Waals surface area contributed by atoms with E-state index in [4.69, 9.17) is 10.8 Å². The summed E-state index contributed by atoms with van der Waals surface area (Å²) in [5.74, 6) is 0. The highest BCUT2D eigenvalue weighted by molar-refractivity contribution is 9.10. The number of anilines is 1. The monoisotopic (exact) mass is 314 g/mol. The maximum absolute atomic E-state index is 8.74. The SMILES string of the molecule is C[C@@H](N)c1ccc(N(C)CCCCCO)cc1Br. The summed E-state index contributed by atoms with van der Waals surface area (Å²) in [4.78, 5) is 2.23. The third-order valence-electron chi connectivity index (χ3n) is 3.07. The third-order valence-corrected chi connectivity index (χ3v) is 3.75. The first-order valence-corrected chi connectivity index (χ1v) is 7.22. The molecule has 1 atom stereocenters. The van der Waals surface area contributed by atoms with Gasteiger partial charge in [0.25, 0.3) is 0 Å². The molecule has 0 heterocycles. The summed E-state index contributed by atoms with van der Waals surface area (Å²) in [5, 5.41) is 8.74. The highest BCUT2D eigenvalue weighted by atomic mass is 79.9. The van der Waals surface area contributed by atoms with Crippen molar-refractivity contribution in [2.75, 3.05) is 25.1 Å². The van der Waals surface area contributed by atoms with Crippen molar-refractivity contribution in [1.29, 1.82) is 0 Å². The van der Waals surface area contributed by atoms with E-state index in [1.54, 1.807) is 0 Å². The fraction of sp³-hybridized carbons (Fsp3) is 0.571. The molecule has 3 nitrogen and oxygen atoms in total. The summed E-state index contributed by atoms with van der Waals surface area (Å²) < 4.78 is 1.07. The van der Waals surface area contributed by atoms with E-state index in [0.717, 1.165) is 35.8 Å². The van der Waals surface area contributed by atoms with E-state index >= 15 is 0 Å². The average Bonchev–Trinajstić information content (AvgIpc) is 2.33. The topological polar surface area (TPSA) is 49.5 Å². The van der Waals surface area contributed by atoms with Gasteiger partial charge >= 0.3 is 0 Å². The zero-order chi connectivity index (χ0) is 13.5. The fourth-order valence-corrected chi connectivity index (χ4v) is 2.62. The summed E-state index contributed by atoms with van der Waals surface area (Å²) in [6.45, 7) is 3.28. The number of nitrogens with zero attached hydrogens (tertiary/aromatic N) is 1. The van der Waals surface area contributed by atoms with Crippen LogP contribution in [0.25, 0.3) is 0 Å². The molecule has 0 aliphatic carbocycles. The quantitative estimate of drug-likeness (QED) is 0.760. The van der Waals surface area contributed by atoms with Gasteiger partial charge in [0.05, 0.1) is 0 Å². The molecule has 1 rings (SSSR count). The third kappa shape index (κ3) is 4.59. The van der Waals surface area contributed by atoms with Crippen molar-refractivity contribution in [3.63, 3.8) is 0 Å². The van der Waals surface area contributed by atoms with Gasteiger partial charge in [-0.15, -0.1) is 0 Å². The van der Waals surface area contributed by atoms with Crippen LogP contribution in [0, 0.1) is 0 Å². The molecule has 0 aliphatic rings. The van der Waals surface area contributed by atoms with E-state index in [-0.39, 0.29) is 6.04 Å². The summed E-state index contributed by atoms with van der Waals surface area (Å²) in [5.41, 5.74) is 8.21. The van der Waals surface area contributed by atoms with Crippen molar-refractivity contribution in [2.24, 2.45) is 5.73 Å². The first-order chi connectivity index (χ1) is 8.56. The zero-order valence-corrected chi connectivity index (χ0v) is 12.8. The normalized spacial score (nSPS) is 12.5. The van der Waals surface area contributed by atoms with Crippen LogP contribution in [0.15, 0.2) is 22.7 Å². The Balaban J connectivity index is 2.58. The van der Waals surface area contributed by atoms with Crippen LogP contribution in [0.2, 0.25) is 0 Å². The number of aliphatic hydroxyl groups excluding tert-OH is 1. The molecule has 0 spiro atoms. The van der Waals surface area contributed by atoms with Crippen molar-refractivity contribution in [2.45, 2.75) is 32.2 Å². The van der Waals surface area contributed by atoms with Gasteiger partial charge in [0.15, 0.2) is 0 Å². The van der Waals surface area contributed by atoms with Gasteiger partial charge in [0.1, 0.15) is 0 Å². The van der Waals surface area contributed by atoms with Gasteiger partial charge in [-0.25, -0.2) is 0 Å². The standard InChI is InChI=1S/C14H23BrN2O/c1-11(16)13-7-6-12(10-14(13)15)17(2)8-4-3-5-9-18/h6-7,10-11,18H,3-5,8-9,16H2,1-2H3/t11-/m1/s1. The molecule has 0 bridgehead atoms. The molecule has 18 heavy (non-hydrogen) atoms. The van der Waals surface area contributed by atoms with Gasteiger partial charge in [-0.3, -0.25) is 0 Å². The maximum atomic E-state index is 8.74. The summed E-state index contributed by atoms with van der Waals surface area (Å²) in [6, 6.07) is 6.34. The highest BCUT2D eigenvalue weighted by Crippen LogP contribution is 2.27. The number of hydrogen-bond acceptors (Lipinski definition) is 3. The smallest absolute Gasteiger partial charge is 0.0431 e. The predicted octanol–water partition coefficient (Wildman–Crippen LogP) is 3.07. The Bertz CT molecular complexity index is 369. The predicted molar refractivity (Wildman–Crippen MR) is 81.0 cm³/mol. The minimum absolute atomic E-state index is 0.0447. The Hall–Kier alpha value is -0.580. The molecule has 0 fully saturated rings. The van der Waals surface area contributed by atoms with E-state index in [9.17, 15) is 0 Å². The highest BCUT2D eigenvalue weighted by Gasteiger charge is 2.07.